The lowest BCUT2D eigenvalue weighted by Crippen LogP contribution is -2.42. The van der Waals surface area contributed by atoms with Gasteiger partial charge in [-0.2, -0.15) is 0 Å². The number of nitrogens with one attached hydrogen (secondary N) is 1. The second-order valence-corrected chi connectivity index (χ2v) is 7.72. The van der Waals surface area contributed by atoms with E-state index in [1.54, 1.807) is 5.01 Å². The number of amides is 1. The summed E-state index contributed by atoms with van der Waals surface area (Å²) in [6.45, 7) is 6.49. The second-order valence-electron chi connectivity index (χ2n) is 7.72. The van der Waals surface area contributed by atoms with E-state index < -0.39 is 0 Å². The fraction of sp³-hybridized carbons (Fsp3) is 0.227. The molecule has 2 aliphatic heterocycles. The summed E-state index contributed by atoms with van der Waals surface area (Å²) in [6.07, 6.45) is 16.4. The summed E-state index contributed by atoms with van der Waals surface area (Å²) in [5.74, 6) is 0.824. The number of hydrazine groups is 1. The van der Waals surface area contributed by atoms with Gasteiger partial charge in [-0.1, -0.05) is 63.3 Å². The third-order valence-corrected chi connectivity index (χ3v) is 4.88. The molecule has 0 saturated heterocycles. The van der Waals surface area contributed by atoms with Crippen molar-refractivity contribution in [1.29, 1.82) is 0 Å². The zero-order chi connectivity index (χ0) is 18.3. The van der Waals surface area contributed by atoms with Gasteiger partial charge in [0.15, 0.2) is 0 Å². The molecule has 0 spiro atoms. The molecule has 0 bridgehead atoms. The summed E-state index contributed by atoms with van der Waals surface area (Å²) in [5.41, 5.74) is 6.16. The Morgan fingerprint density at radius 2 is 1.81 bits per heavy atom. The van der Waals surface area contributed by atoms with E-state index in [1.165, 1.54) is 11.1 Å². The predicted octanol–water partition coefficient (Wildman–Crippen LogP) is 3.99. The molecule has 1 aromatic carbocycles. The minimum absolute atomic E-state index is 0.0755. The number of carbonyl (C=O) groups excluding carboxylic acids is 1. The Kier molecular flexibility index (Phi) is 3.83. The van der Waals surface area contributed by atoms with Gasteiger partial charge in [0, 0.05) is 18.0 Å². The van der Waals surface area contributed by atoms with E-state index in [4.69, 9.17) is 0 Å². The van der Waals surface area contributed by atoms with Gasteiger partial charge < -0.3 is 4.90 Å². The fourth-order valence-electron chi connectivity index (χ4n) is 3.33. The first-order valence-electron chi connectivity index (χ1n) is 8.88. The van der Waals surface area contributed by atoms with Gasteiger partial charge in [-0.05, 0) is 34.8 Å². The van der Waals surface area contributed by atoms with E-state index in [2.05, 4.69) is 55.4 Å². The van der Waals surface area contributed by atoms with Crippen LogP contribution in [0.2, 0.25) is 0 Å². The molecular weight excluding hydrogens is 322 g/mol. The van der Waals surface area contributed by atoms with Crippen LogP contribution in [0, 0.1) is 0 Å². The van der Waals surface area contributed by atoms with Crippen LogP contribution >= 0.6 is 0 Å². The highest BCUT2D eigenvalue weighted by molar-refractivity contribution is 5.94. The molecule has 4 heteroatoms. The maximum absolute atomic E-state index is 12.6. The molecule has 1 N–H and O–H groups in total. The monoisotopic (exact) mass is 345 g/mol. The van der Waals surface area contributed by atoms with Crippen LogP contribution in [-0.4, -0.2) is 21.9 Å². The predicted molar refractivity (Wildman–Crippen MR) is 104 cm³/mol. The number of rotatable bonds is 2. The fourth-order valence-corrected chi connectivity index (χ4v) is 3.33. The van der Waals surface area contributed by atoms with Crippen LogP contribution in [-0.2, 0) is 5.41 Å². The van der Waals surface area contributed by atoms with Crippen molar-refractivity contribution in [2.24, 2.45) is 0 Å². The van der Waals surface area contributed by atoms with Gasteiger partial charge in [-0.15, -0.1) is 0 Å². The van der Waals surface area contributed by atoms with Crippen molar-refractivity contribution in [1.82, 2.24) is 15.3 Å². The van der Waals surface area contributed by atoms with Crippen molar-refractivity contribution in [3.8, 4) is 0 Å². The average Bonchev–Trinajstić information content (AvgIpc) is 3.04. The third-order valence-electron chi connectivity index (χ3n) is 4.88. The Hall–Kier alpha value is -3.01. The minimum Gasteiger partial charge on any atom is -0.320 e. The van der Waals surface area contributed by atoms with Crippen LogP contribution in [0.15, 0.2) is 84.5 Å². The molecule has 0 saturated carbocycles. The Bertz CT molecular complexity index is 879. The van der Waals surface area contributed by atoms with Gasteiger partial charge in [-0.3, -0.25) is 10.2 Å². The number of hydrogen-bond donors (Lipinski definition) is 1. The largest absolute Gasteiger partial charge is 0.320 e. The van der Waals surface area contributed by atoms with E-state index >= 15 is 0 Å². The van der Waals surface area contributed by atoms with Gasteiger partial charge in [0.25, 0.3) is 5.91 Å². The Balaban J connectivity index is 1.50. The lowest BCUT2D eigenvalue weighted by molar-refractivity contribution is 0.0867. The smallest absolute Gasteiger partial charge is 0.270 e. The molecular formula is C22H23N3O. The topological polar surface area (TPSA) is 35.6 Å². The molecule has 4 nitrogen and oxygen atoms in total. The molecule has 1 aromatic rings. The summed E-state index contributed by atoms with van der Waals surface area (Å²) < 4.78 is 0. The lowest BCUT2D eigenvalue weighted by Gasteiger charge is -2.34. The highest BCUT2D eigenvalue weighted by Gasteiger charge is 2.30. The normalized spacial score (nSPS) is 20.5. The van der Waals surface area contributed by atoms with Gasteiger partial charge in [0.05, 0.1) is 6.04 Å². The van der Waals surface area contributed by atoms with Crippen LogP contribution < -0.4 is 5.43 Å². The van der Waals surface area contributed by atoms with Gasteiger partial charge in [0.2, 0.25) is 0 Å². The molecule has 132 valence electrons. The number of hydrogen-bond acceptors (Lipinski definition) is 3. The summed E-state index contributed by atoms with van der Waals surface area (Å²) >= 11 is 0. The summed E-state index contributed by atoms with van der Waals surface area (Å²) in [4.78, 5) is 14.8. The summed E-state index contributed by atoms with van der Waals surface area (Å²) in [5, 5.41) is 1.78. The third kappa shape index (κ3) is 2.88. The number of fused-ring (bicyclic) bond motifs is 3. The SMILES string of the molecule is CC(C)(C)c1ccc(C(=O)NN2C=CN3C2=CC=C2C=CC=CC23)cc1. The average molecular weight is 345 g/mol. The van der Waals surface area contributed by atoms with Crippen LogP contribution in [0.1, 0.15) is 36.7 Å². The van der Waals surface area contributed by atoms with Crippen LogP contribution in [0.25, 0.3) is 0 Å². The van der Waals surface area contributed by atoms with Crippen LogP contribution in [0.3, 0.4) is 0 Å². The molecule has 1 unspecified atom stereocenters. The number of nitrogens with zero attached hydrogens (tertiary/aromatic N) is 2. The first-order chi connectivity index (χ1) is 12.4. The Morgan fingerprint density at radius 1 is 1.04 bits per heavy atom. The molecule has 1 atom stereocenters. The first kappa shape index (κ1) is 16.5. The molecule has 0 radical (unpaired) electrons. The summed E-state index contributed by atoms with van der Waals surface area (Å²) in [6, 6.07) is 8.00. The minimum atomic E-state index is -0.119. The van der Waals surface area contributed by atoms with E-state index in [9.17, 15) is 4.79 Å². The molecule has 4 rings (SSSR count). The van der Waals surface area contributed by atoms with Gasteiger partial charge in [-0.25, -0.2) is 5.01 Å². The maximum Gasteiger partial charge on any atom is 0.270 e. The summed E-state index contributed by atoms with van der Waals surface area (Å²) in [7, 11) is 0. The van der Waals surface area contributed by atoms with Gasteiger partial charge >= 0.3 is 0 Å². The van der Waals surface area contributed by atoms with Crippen molar-refractivity contribution in [3.63, 3.8) is 0 Å². The molecule has 0 aromatic heterocycles. The van der Waals surface area contributed by atoms with E-state index in [0.717, 1.165) is 5.82 Å². The quantitative estimate of drug-likeness (QED) is 0.880. The maximum atomic E-state index is 12.6. The van der Waals surface area contributed by atoms with Crippen molar-refractivity contribution in [2.45, 2.75) is 32.2 Å². The standard InChI is InChI=1S/C22H23N3O/c1-22(2,3)18-11-8-17(9-12-18)21(26)23-25-15-14-24-19-7-5-4-6-16(19)10-13-20(24)25/h4-15,19H,1-3H3,(H,23,26). The second kappa shape index (κ2) is 6.06. The van der Waals surface area contributed by atoms with E-state index in [-0.39, 0.29) is 17.4 Å². The van der Waals surface area contributed by atoms with Crippen molar-refractivity contribution < 1.29 is 4.79 Å². The van der Waals surface area contributed by atoms with Crippen molar-refractivity contribution in [2.75, 3.05) is 0 Å². The number of carbonyl (C=O) groups is 1. The van der Waals surface area contributed by atoms with Crippen molar-refractivity contribution in [3.05, 3.63) is 95.6 Å². The van der Waals surface area contributed by atoms with Crippen LogP contribution in [0.4, 0.5) is 0 Å². The lowest BCUT2D eigenvalue weighted by atomic mass is 9.87. The zero-order valence-electron chi connectivity index (χ0n) is 15.3. The van der Waals surface area contributed by atoms with E-state index in [0.29, 0.717) is 5.56 Å². The first-order valence-corrected chi connectivity index (χ1v) is 8.88. The zero-order valence-corrected chi connectivity index (χ0v) is 15.3. The molecule has 1 amide bonds. The highest BCUT2D eigenvalue weighted by Crippen LogP contribution is 2.31. The molecule has 2 heterocycles. The Morgan fingerprint density at radius 3 is 2.54 bits per heavy atom. The van der Waals surface area contributed by atoms with E-state index in [1.807, 2.05) is 48.8 Å². The molecule has 3 aliphatic rings. The highest BCUT2D eigenvalue weighted by atomic mass is 16.2. The van der Waals surface area contributed by atoms with Crippen LogP contribution in [0.5, 0.6) is 0 Å². The number of allylic oxidation sites excluding steroid dienone is 4. The Labute approximate surface area is 154 Å². The molecule has 26 heavy (non-hydrogen) atoms. The van der Waals surface area contributed by atoms with Gasteiger partial charge in [0.1, 0.15) is 5.82 Å². The number of benzene rings is 1. The molecule has 1 aliphatic carbocycles. The molecule has 0 fully saturated rings. The van der Waals surface area contributed by atoms with Crippen molar-refractivity contribution >= 4 is 5.91 Å².